The summed E-state index contributed by atoms with van der Waals surface area (Å²) in [5, 5.41) is 11.4. The van der Waals surface area contributed by atoms with Crippen LogP contribution in [0.15, 0.2) is 24.3 Å². The van der Waals surface area contributed by atoms with Gasteiger partial charge in [0.05, 0.1) is 11.6 Å². The highest BCUT2D eigenvalue weighted by atomic mass is 16.2. The van der Waals surface area contributed by atoms with E-state index in [1.165, 1.54) is 0 Å². The molecule has 1 N–H and O–H groups in total. The monoisotopic (exact) mass is 200 g/mol. The molecule has 0 aromatic heterocycles. The van der Waals surface area contributed by atoms with Crippen LogP contribution in [-0.4, -0.2) is 5.91 Å². The number of hydrogen-bond acceptors (Lipinski definition) is 2. The summed E-state index contributed by atoms with van der Waals surface area (Å²) in [7, 11) is 0. The molecule has 1 aliphatic rings. The SMILES string of the molecule is C[C@@H]1C[C@@H]1C(=O)Nc1ccc(C#N)cc1. The molecule has 1 aliphatic carbocycles. The Kier molecular flexibility index (Phi) is 2.42. The van der Waals surface area contributed by atoms with Gasteiger partial charge in [0.2, 0.25) is 5.91 Å². The lowest BCUT2D eigenvalue weighted by atomic mass is 10.2. The molecule has 3 nitrogen and oxygen atoms in total. The van der Waals surface area contributed by atoms with Crippen LogP contribution in [0.3, 0.4) is 0 Å². The van der Waals surface area contributed by atoms with Crippen molar-refractivity contribution in [3.63, 3.8) is 0 Å². The standard InChI is InChI=1S/C12H12N2O/c1-8-6-11(8)12(15)14-10-4-2-9(7-13)3-5-10/h2-5,8,11H,6H2,1H3,(H,14,15)/t8-,11+/m1/s1. The fraction of sp³-hybridized carbons (Fsp3) is 0.333. The van der Waals surface area contributed by atoms with Gasteiger partial charge in [-0.2, -0.15) is 5.26 Å². The average Bonchev–Trinajstić information content (AvgIpc) is 2.97. The molecule has 3 heteroatoms. The van der Waals surface area contributed by atoms with Crippen LogP contribution in [0, 0.1) is 23.2 Å². The zero-order chi connectivity index (χ0) is 10.8. The molecule has 0 unspecified atom stereocenters. The van der Waals surface area contributed by atoms with Gasteiger partial charge < -0.3 is 5.32 Å². The smallest absolute Gasteiger partial charge is 0.227 e. The zero-order valence-electron chi connectivity index (χ0n) is 8.53. The Morgan fingerprint density at radius 3 is 2.53 bits per heavy atom. The van der Waals surface area contributed by atoms with Crippen LogP contribution >= 0.6 is 0 Å². The molecule has 2 atom stereocenters. The number of carbonyl (C=O) groups is 1. The molecule has 0 bridgehead atoms. The Labute approximate surface area is 88.7 Å². The highest BCUT2D eigenvalue weighted by Gasteiger charge is 2.38. The van der Waals surface area contributed by atoms with Crippen LogP contribution in [0.2, 0.25) is 0 Å². The molecular formula is C12H12N2O. The highest BCUT2D eigenvalue weighted by Crippen LogP contribution is 2.38. The molecule has 76 valence electrons. The summed E-state index contributed by atoms with van der Waals surface area (Å²) in [5.41, 5.74) is 1.37. The van der Waals surface area contributed by atoms with E-state index in [2.05, 4.69) is 12.2 Å². The van der Waals surface area contributed by atoms with Gasteiger partial charge in [-0.3, -0.25) is 4.79 Å². The first-order valence-corrected chi connectivity index (χ1v) is 5.01. The summed E-state index contributed by atoms with van der Waals surface area (Å²) >= 11 is 0. The van der Waals surface area contributed by atoms with Crippen molar-refractivity contribution in [1.82, 2.24) is 0 Å². The van der Waals surface area contributed by atoms with E-state index in [9.17, 15) is 4.79 Å². The van der Waals surface area contributed by atoms with Gasteiger partial charge in [0.15, 0.2) is 0 Å². The predicted molar refractivity (Wildman–Crippen MR) is 57.1 cm³/mol. The number of hydrogen-bond donors (Lipinski definition) is 1. The lowest BCUT2D eigenvalue weighted by Gasteiger charge is -2.03. The number of anilines is 1. The molecule has 1 aromatic carbocycles. The summed E-state index contributed by atoms with van der Waals surface area (Å²) in [4.78, 5) is 11.6. The normalized spacial score (nSPS) is 22.9. The second-order valence-corrected chi connectivity index (χ2v) is 4.00. The second kappa shape index (κ2) is 3.74. The van der Waals surface area contributed by atoms with Crippen molar-refractivity contribution in [3.8, 4) is 6.07 Å². The van der Waals surface area contributed by atoms with E-state index in [0.29, 0.717) is 11.5 Å². The van der Waals surface area contributed by atoms with Gasteiger partial charge in [-0.05, 0) is 36.6 Å². The number of carbonyl (C=O) groups excluding carboxylic acids is 1. The molecule has 0 aliphatic heterocycles. The van der Waals surface area contributed by atoms with Gasteiger partial charge in [0, 0.05) is 11.6 Å². The maximum Gasteiger partial charge on any atom is 0.227 e. The molecular weight excluding hydrogens is 188 g/mol. The van der Waals surface area contributed by atoms with Crippen molar-refractivity contribution in [2.24, 2.45) is 11.8 Å². The van der Waals surface area contributed by atoms with Gasteiger partial charge >= 0.3 is 0 Å². The Hall–Kier alpha value is -1.82. The van der Waals surface area contributed by atoms with E-state index in [-0.39, 0.29) is 11.8 Å². The molecule has 0 heterocycles. The fourth-order valence-electron chi connectivity index (χ4n) is 1.55. The highest BCUT2D eigenvalue weighted by molar-refractivity contribution is 5.94. The Morgan fingerprint density at radius 2 is 2.07 bits per heavy atom. The third-order valence-electron chi connectivity index (χ3n) is 2.73. The molecule has 1 aromatic rings. The maximum absolute atomic E-state index is 11.6. The largest absolute Gasteiger partial charge is 0.326 e. The number of rotatable bonds is 2. The van der Waals surface area contributed by atoms with Crippen molar-refractivity contribution in [2.75, 3.05) is 5.32 Å². The third kappa shape index (κ3) is 2.16. The Bertz CT molecular complexity index is 416. The van der Waals surface area contributed by atoms with Crippen molar-refractivity contribution < 1.29 is 4.79 Å². The third-order valence-corrected chi connectivity index (χ3v) is 2.73. The number of nitrogens with one attached hydrogen (secondary N) is 1. The lowest BCUT2D eigenvalue weighted by Crippen LogP contribution is -2.14. The summed E-state index contributed by atoms with van der Waals surface area (Å²) in [6, 6.07) is 8.94. The molecule has 1 fully saturated rings. The molecule has 15 heavy (non-hydrogen) atoms. The van der Waals surface area contributed by atoms with Crippen molar-refractivity contribution in [2.45, 2.75) is 13.3 Å². The molecule has 2 rings (SSSR count). The summed E-state index contributed by atoms with van der Waals surface area (Å²) in [6.45, 7) is 2.07. The van der Waals surface area contributed by atoms with Crippen LogP contribution in [0.5, 0.6) is 0 Å². The van der Waals surface area contributed by atoms with Gasteiger partial charge in [0.1, 0.15) is 0 Å². The lowest BCUT2D eigenvalue weighted by molar-refractivity contribution is -0.117. The van der Waals surface area contributed by atoms with E-state index in [0.717, 1.165) is 12.1 Å². The fourth-order valence-corrected chi connectivity index (χ4v) is 1.55. The number of benzene rings is 1. The van der Waals surface area contributed by atoms with Gasteiger partial charge in [-0.1, -0.05) is 6.92 Å². The van der Waals surface area contributed by atoms with Crippen molar-refractivity contribution in [1.29, 1.82) is 5.26 Å². The second-order valence-electron chi connectivity index (χ2n) is 4.00. The topological polar surface area (TPSA) is 52.9 Å². The average molecular weight is 200 g/mol. The number of amides is 1. The van der Waals surface area contributed by atoms with E-state index in [4.69, 9.17) is 5.26 Å². The van der Waals surface area contributed by atoms with Crippen LogP contribution < -0.4 is 5.32 Å². The summed E-state index contributed by atoms with van der Waals surface area (Å²) in [5.74, 6) is 0.788. The van der Waals surface area contributed by atoms with E-state index in [1.54, 1.807) is 24.3 Å². The van der Waals surface area contributed by atoms with Gasteiger partial charge in [-0.15, -0.1) is 0 Å². The van der Waals surface area contributed by atoms with Crippen LogP contribution in [0.1, 0.15) is 18.9 Å². The maximum atomic E-state index is 11.6. The van der Waals surface area contributed by atoms with Crippen LogP contribution in [0.4, 0.5) is 5.69 Å². The molecule has 1 saturated carbocycles. The number of nitrogens with zero attached hydrogens (tertiary/aromatic N) is 1. The van der Waals surface area contributed by atoms with E-state index >= 15 is 0 Å². The minimum absolute atomic E-state index is 0.0900. The van der Waals surface area contributed by atoms with Gasteiger partial charge in [-0.25, -0.2) is 0 Å². The first kappa shape index (κ1) is 9.72. The molecule has 0 radical (unpaired) electrons. The minimum Gasteiger partial charge on any atom is -0.326 e. The first-order valence-electron chi connectivity index (χ1n) is 5.01. The molecule has 0 spiro atoms. The van der Waals surface area contributed by atoms with Gasteiger partial charge in [0.25, 0.3) is 0 Å². The Balaban J connectivity index is 1.99. The Morgan fingerprint density at radius 1 is 1.47 bits per heavy atom. The minimum atomic E-state index is 0.0900. The first-order chi connectivity index (χ1) is 7.20. The quantitative estimate of drug-likeness (QED) is 0.795. The van der Waals surface area contributed by atoms with Crippen LogP contribution in [0.25, 0.3) is 0 Å². The van der Waals surface area contributed by atoms with Crippen molar-refractivity contribution in [3.05, 3.63) is 29.8 Å². The van der Waals surface area contributed by atoms with E-state index < -0.39 is 0 Å². The zero-order valence-corrected chi connectivity index (χ0v) is 8.53. The molecule has 1 amide bonds. The van der Waals surface area contributed by atoms with Crippen LogP contribution in [-0.2, 0) is 4.79 Å². The number of nitriles is 1. The van der Waals surface area contributed by atoms with E-state index in [1.807, 2.05) is 6.07 Å². The summed E-state index contributed by atoms with van der Waals surface area (Å²) in [6.07, 6.45) is 0.988. The summed E-state index contributed by atoms with van der Waals surface area (Å²) < 4.78 is 0. The van der Waals surface area contributed by atoms with Crippen molar-refractivity contribution >= 4 is 11.6 Å². The molecule has 0 saturated heterocycles. The predicted octanol–water partition coefficient (Wildman–Crippen LogP) is 2.15.